The van der Waals surface area contributed by atoms with Crippen LogP contribution in [0.1, 0.15) is 15.9 Å². The minimum Gasteiger partial charge on any atom is -0.493 e. The first kappa shape index (κ1) is 18.7. The van der Waals surface area contributed by atoms with Crippen LogP contribution in [0.25, 0.3) is 0 Å². The Balaban J connectivity index is 1.68. The zero-order valence-electron chi connectivity index (χ0n) is 15.4. The van der Waals surface area contributed by atoms with Crippen LogP contribution in [0.15, 0.2) is 60.8 Å². The minimum atomic E-state index is -0.309. The summed E-state index contributed by atoms with van der Waals surface area (Å²) in [6.07, 6.45) is 1.60. The first-order valence-corrected chi connectivity index (χ1v) is 8.39. The number of aromatic nitrogens is 1. The second-order valence-corrected chi connectivity index (χ2v) is 5.77. The Labute approximate surface area is 162 Å². The highest BCUT2D eigenvalue weighted by Gasteiger charge is 2.11. The first-order chi connectivity index (χ1) is 13.6. The van der Waals surface area contributed by atoms with E-state index in [1.807, 2.05) is 6.07 Å². The third-order valence-electron chi connectivity index (χ3n) is 3.93. The van der Waals surface area contributed by atoms with Crippen LogP contribution in [0.4, 0.5) is 17.2 Å². The number of ether oxygens (including phenoxy) is 2. The number of rotatable bonds is 6. The van der Waals surface area contributed by atoms with Crippen molar-refractivity contribution < 1.29 is 14.3 Å². The maximum absolute atomic E-state index is 12.4. The molecule has 140 valence electrons. The molecule has 7 nitrogen and oxygen atoms in total. The van der Waals surface area contributed by atoms with E-state index >= 15 is 0 Å². The Kier molecular flexibility index (Phi) is 5.72. The third kappa shape index (κ3) is 4.37. The summed E-state index contributed by atoms with van der Waals surface area (Å²) >= 11 is 0. The van der Waals surface area contributed by atoms with Crippen molar-refractivity contribution >= 4 is 23.1 Å². The number of nitriles is 1. The Hall–Kier alpha value is -4.05. The molecule has 0 spiro atoms. The van der Waals surface area contributed by atoms with Gasteiger partial charge < -0.3 is 20.1 Å². The molecule has 0 radical (unpaired) electrons. The summed E-state index contributed by atoms with van der Waals surface area (Å²) in [6.45, 7) is 0. The molecule has 0 bridgehead atoms. The fourth-order valence-electron chi connectivity index (χ4n) is 2.54. The molecule has 3 aromatic rings. The number of carbonyl (C=O) groups excluding carboxylic acids is 1. The minimum absolute atomic E-state index is 0.309. The summed E-state index contributed by atoms with van der Waals surface area (Å²) in [5.74, 6) is 1.13. The number of methoxy groups -OCH3 is 2. The second-order valence-electron chi connectivity index (χ2n) is 5.77. The maximum atomic E-state index is 12.4. The molecule has 28 heavy (non-hydrogen) atoms. The van der Waals surface area contributed by atoms with Crippen molar-refractivity contribution in [2.75, 3.05) is 24.9 Å². The molecule has 0 saturated carbocycles. The van der Waals surface area contributed by atoms with Gasteiger partial charge in [-0.2, -0.15) is 5.26 Å². The summed E-state index contributed by atoms with van der Waals surface area (Å²) in [5, 5.41) is 14.9. The lowest BCUT2D eigenvalue weighted by Gasteiger charge is -2.10. The van der Waals surface area contributed by atoms with Gasteiger partial charge in [0.1, 0.15) is 5.82 Å². The number of pyridine rings is 1. The molecule has 0 fully saturated rings. The lowest BCUT2D eigenvalue weighted by atomic mass is 10.2. The monoisotopic (exact) mass is 374 g/mol. The van der Waals surface area contributed by atoms with Crippen molar-refractivity contribution in [2.45, 2.75) is 0 Å². The first-order valence-electron chi connectivity index (χ1n) is 8.39. The van der Waals surface area contributed by atoms with Crippen LogP contribution in [0.5, 0.6) is 11.5 Å². The van der Waals surface area contributed by atoms with Crippen molar-refractivity contribution in [1.82, 2.24) is 4.98 Å². The molecule has 2 N–H and O–H groups in total. The van der Waals surface area contributed by atoms with Gasteiger partial charge in [-0.1, -0.05) is 6.07 Å². The zero-order chi connectivity index (χ0) is 19.9. The summed E-state index contributed by atoms with van der Waals surface area (Å²) in [4.78, 5) is 16.7. The van der Waals surface area contributed by atoms with E-state index in [1.54, 1.807) is 54.7 Å². The van der Waals surface area contributed by atoms with Gasteiger partial charge in [0.05, 0.1) is 37.7 Å². The number of anilines is 3. The van der Waals surface area contributed by atoms with Crippen molar-refractivity contribution in [3.8, 4) is 17.6 Å². The third-order valence-corrected chi connectivity index (χ3v) is 3.93. The van der Waals surface area contributed by atoms with Gasteiger partial charge in [0, 0.05) is 11.3 Å². The number of benzene rings is 2. The van der Waals surface area contributed by atoms with Gasteiger partial charge in [0.25, 0.3) is 5.91 Å². The highest BCUT2D eigenvalue weighted by Crippen LogP contribution is 2.28. The van der Waals surface area contributed by atoms with Crippen LogP contribution in [0.3, 0.4) is 0 Å². The summed E-state index contributed by atoms with van der Waals surface area (Å²) in [7, 11) is 3.05. The van der Waals surface area contributed by atoms with E-state index in [1.165, 1.54) is 14.2 Å². The van der Waals surface area contributed by atoms with Crippen LogP contribution < -0.4 is 20.1 Å². The molecule has 1 heterocycles. The molecule has 1 aromatic heterocycles. The van der Waals surface area contributed by atoms with E-state index in [0.29, 0.717) is 28.4 Å². The lowest BCUT2D eigenvalue weighted by Crippen LogP contribution is -2.13. The molecule has 0 unspecified atom stereocenters. The molecule has 1 amide bonds. The molecule has 0 atom stereocenters. The predicted molar refractivity (Wildman–Crippen MR) is 106 cm³/mol. The van der Waals surface area contributed by atoms with Crippen LogP contribution in [0, 0.1) is 11.3 Å². The number of nitrogens with zero attached hydrogens (tertiary/aromatic N) is 2. The van der Waals surface area contributed by atoms with Crippen LogP contribution in [-0.4, -0.2) is 25.1 Å². The largest absolute Gasteiger partial charge is 0.493 e. The highest BCUT2D eigenvalue weighted by molar-refractivity contribution is 6.04. The molecular formula is C21H18N4O3. The van der Waals surface area contributed by atoms with E-state index in [2.05, 4.69) is 21.7 Å². The van der Waals surface area contributed by atoms with Crippen molar-refractivity contribution in [1.29, 1.82) is 5.26 Å². The van der Waals surface area contributed by atoms with Gasteiger partial charge in [0.2, 0.25) is 0 Å². The average Bonchev–Trinajstić information content (AvgIpc) is 2.74. The van der Waals surface area contributed by atoms with Crippen LogP contribution >= 0.6 is 0 Å². The summed E-state index contributed by atoms with van der Waals surface area (Å²) in [5.41, 5.74) is 2.51. The van der Waals surface area contributed by atoms with Gasteiger partial charge in [-0.15, -0.1) is 0 Å². The molecule has 0 aliphatic carbocycles. The van der Waals surface area contributed by atoms with Gasteiger partial charge >= 0.3 is 0 Å². The average molecular weight is 374 g/mol. The topological polar surface area (TPSA) is 96.3 Å². The van der Waals surface area contributed by atoms with Crippen molar-refractivity contribution in [2.24, 2.45) is 0 Å². The molecule has 3 rings (SSSR count). The van der Waals surface area contributed by atoms with Gasteiger partial charge in [0.15, 0.2) is 11.5 Å². The van der Waals surface area contributed by atoms with Crippen molar-refractivity contribution in [3.63, 3.8) is 0 Å². The molecule has 0 aliphatic rings. The van der Waals surface area contributed by atoms with Crippen molar-refractivity contribution in [3.05, 3.63) is 71.9 Å². The fraction of sp³-hybridized carbons (Fsp3) is 0.0952. The van der Waals surface area contributed by atoms with E-state index in [4.69, 9.17) is 14.7 Å². The molecule has 0 saturated heterocycles. The van der Waals surface area contributed by atoms with E-state index < -0.39 is 0 Å². The Morgan fingerprint density at radius 1 is 1.00 bits per heavy atom. The van der Waals surface area contributed by atoms with Gasteiger partial charge in [-0.25, -0.2) is 4.98 Å². The lowest BCUT2D eigenvalue weighted by molar-refractivity contribution is 0.102. The maximum Gasteiger partial charge on any atom is 0.256 e. The fourth-order valence-corrected chi connectivity index (χ4v) is 2.54. The number of nitrogens with one attached hydrogen (secondary N) is 2. The van der Waals surface area contributed by atoms with Crippen LogP contribution in [-0.2, 0) is 0 Å². The molecule has 7 heteroatoms. The Morgan fingerprint density at radius 2 is 1.82 bits per heavy atom. The molecule has 0 aliphatic heterocycles. The Bertz CT molecular complexity index is 1030. The number of hydrogen-bond acceptors (Lipinski definition) is 6. The standard InChI is InChI=1S/C21H18N4O3/c1-27-18-8-6-15(11-19(18)28-2)21(26)25-20-9-7-17(13-23-20)24-16-5-3-4-14(10-16)12-22/h3-11,13,24H,1-2H3,(H,23,25,26). The SMILES string of the molecule is COc1ccc(C(=O)Nc2ccc(Nc3cccc(C#N)c3)cn2)cc1OC. The van der Waals surface area contributed by atoms with Gasteiger partial charge in [-0.3, -0.25) is 4.79 Å². The highest BCUT2D eigenvalue weighted by atomic mass is 16.5. The summed E-state index contributed by atoms with van der Waals surface area (Å²) < 4.78 is 10.4. The second kappa shape index (κ2) is 8.56. The Morgan fingerprint density at radius 3 is 2.50 bits per heavy atom. The van der Waals surface area contributed by atoms with E-state index in [-0.39, 0.29) is 5.91 Å². The quantitative estimate of drug-likeness (QED) is 0.678. The number of amides is 1. The summed E-state index contributed by atoms with van der Waals surface area (Å²) in [6, 6.07) is 17.6. The molecule has 2 aromatic carbocycles. The normalized spacial score (nSPS) is 9.89. The number of hydrogen-bond donors (Lipinski definition) is 2. The smallest absolute Gasteiger partial charge is 0.256 e. The zero-order valence-corrected chi connectivity index (χ0v) is 15.4. The number of carbonyl (C=O) groups is 1. The molecular weight excluding hydrogens is 356 g/mol. The predicted octanol–water partition coefficient (Wildman–Crippen LogP) is 3.97. The van der Waals surface area contributed by atoms with E-state index in [0.717, 1.165) is 11.4 Å². The van der Waals surface area contributed by atoms with Crippen LogP contribution in [0.2, 0.25) is 0 Å². The van der Waals surface area contributed by atoms with E-state index in [9.17, 15) is 4.79 Å². The van der Waals surface area contributed by atoms with Gasteiger partial charge in [-0.05, 0) is 48.5 Å².